The molecule has 0 saturated carbocycles. The van der Waals surface area contributed by atoms with Crippen LogP contribution in [0.2, 0.25) is 0 Å². The highest BCUT2D eigenvalue weighted by atomic mass is 16.5. The van der Waals surface area contributed by atoms with Crippen LogP contribution in [0.25, 0.3) is 0 Å². The molecule has 0 amide bonds. The van der Waals surface area contributed by atoms with Crippen molar-refractivity contribution >= 4 is 0 Å². The number of aromatic nitrogens is 2. The fourth-order valence-corrected chi connectivity index (χ4v) is 2.00. The summed E-state index contributed by atoms with van der Waals surface area (Å²) in [7, 11) is 0. The van der Waals surface area contributed by atoms with E-state index >= 15 is 0 Å². The van der Waals surface area contributed by atoms with E-state index in [1.165, 1.54) is 37.7 Å². The second-order valence-corrected chi connectivity index (χ2v) is 4.03. The first-order valence-corrected chi connectivity index (χ1v) is 5.92. The molecule has 0 radical (unpaired) electrons. The van der Waals surface area contributed by atoms with E-state index in [1.54, 1.807) is 0 Å². The standard InChI is InChI=1S/C11H15N.C2H2N2O/c1-2-5-10(6-3-1)11-7-4-8-12-9-11;1-3-2-5-4-1/h1-3,5-6,11-12H,4,7-9H2;1-2H. The second kappa shape index (κ2) is 6.81. The van der Waals surface area contributed by atoms with Crippen molar-refractivity contribution in [1.82, 2.24) is 15.5 Å². The Morgan fingerprint density at radius 2 is 2.12 bits per heavy atom. The molecular formula is C13H17N3O. The molecule has 1 aromatic carbocycles. The SMILES string of the molecule is c1ccc(C2CCCNC2)cc1.c1ncon1. The van der Waals surface area contributed by atoms with E-state index in [-0.39, 0.29) is 0 Å². The third kappa shape index (κ3) is 4.00. The van der Waals surface area contributed by atoms with Crippen LogP contribution < -0.4 is 5.32 Å². The zero-order valence-corrected chi connectivity index (χ0v) is 9.75. The number of hydrogen-bond acceptors (Lipinski definition) is 4. The predicted octanol–water partition coefficient (Wildman–Crippen LogP) is 2.22. The van der Waals surface area contributed by atoms with E-state index in [1.807, 2.05) is 0 Å². The minimum absolute atomic E-state index is 0.750. The summed E-state index contributed by atoms with van der Waals surface area (Å²) in [6.45, 7) is 2.35. The number of rotatable bonds is 1. The Hall–Kier alpha value is -1.68. The van der Waals surface area contributed by atoms with E-state index in [0.717, 1.165) is 12.5 Å². The molecule has 1 aromatic heterocycles. The lowest BCUT2D eigenvalue weighted by Gasteiger charge is -2.22. The molecular weight excluding hydrogens is 214 g/mol. The molecule has 4 nitrogen and oxygen atoms in total. The van der Waals surface area contributed by atoms with Gasteiger partial charge in [0.25, 0.3) is 0 Å². The number of nitrogens with one attached hydrogen (secondary N) is 1. The van der Waals surface area contributed by atoms with E-state index in [4.69, 9.17) is 0 Å². The summed E-state index contributed by atoms with van der Waals surface area (Å²) >= 11 is 0. The lowest BCUT2D eigenvalue weighted by Crippen LogP contribution is -2.28. The van der Waals surface area contributed by atoms with E-state index < -0.39 is 0 Å². The molecule has 1 N–H and O–H groups in total. The molecule has 2 aromatic rings. The molecule has 90 valence electrons. The van der Waals surface area contributed by atoms with Gasteiger partial charge in [-0.3, -0.25) is 0 Å². The van der Waals surface area contributed by atoms with Crippen molar-refractivity contribution in [2.24, 2.45) is 0 Å². The maximum absolute atomic E-state index is 4.22. The van der Waals surface area contributed by atoms with Crippen molar-refractivity contribution in [2.45, 2.75) is 18.8 Å². The van der Waals surface area contributed by atoms with Gasteiger partial charge in [-0.15, -0.1) is 0 Å². The first-order chi connectivity index (χ1) is 8.47. The van der Waals surface area contributed by atoms with Crippen LogP contribution >= 0.6 is 0 Å². The Bertz CT molecular complexity index is 365. The fraction of sp³-hybridized carbons (Fsp3) is 0.385. The van der Waals surface area contributed by atoms with Gasteiger partial charge in [-0.05, 0) is 30.9 Å². The zero-order chi connectivity index (χ0) is 11.8. The van der Waals surface area contributed by atoms with Crippen molar-refractivity contribution in [3.8, 4) is 0 Å². The van der Waals surface area contributed by atoms with Gasteiger partial charge in [0.1, 0.15) is 0 Å². The average molecular weight is 231 g/mol. The molecule has 1 unspecified atom stereocenters. The second-order valence-electron chi connectivity index (χ2n) is 4.03. The summed E-state index contributed by atoms with van der Waals surface area (Å²) in [6.07, 6.45) is 5.26. The van der Waals surface area contributed by atoms with Gasteiger partial charge in [0.2, 0.25) is 6.39 Å². The minimum atomic E-state index is 0.750. The topological polar surface area (TPSA) is 51.0 Å². The number of nitrogens with zero attached hydrogens (tertiary/aromatic N) is 2. The van der Waals surface area contributed by atoms with Crippen LogP contribution in [0.5, 0.6) is 0 Å². The smallest absolute Gasteiger partial charge is 0.213 e. The van der Waals surface area contributed by atoms with Crippen LogP contribution in [0.4, 0.5) is 0 Å². The summed E-state index contributed by atoms with van der Waals surface area (Å²) in [5.41, 5.74) is 1.49. The first-order valence-electron chi connectivity index (χ1n) is 5.92. The maximum atomic E-state index is 4.22. The number of hydrogen-bond donors (Lipinski definition) is 1. The fourth-order valence-electron chi connectivity index (χ4n) is 2.00. The molecule has 3 rings (SSSR count). The Morgan fingerprint density at radius 3 is 2.65 bits per heavy atom. The summed E-state index contributed by atoms with van der Waals surface area (Å²) in [5.74, 6) is 0.750. The van der Waals surface area contributed by atoms with Crippen LogP contribution in [0.15, 0.2) is 47.6 Å². The highest BCUT2D eigenvalue weighted by Gasteiger charge is 2.13. The van der Waals surface area contributed by atoms with Crippen LogP contribution in [-0.2, 0) is 0 Å². The van der Waals surface area contributed by atoms with Crippen molar-refractivity contribution in [1.29, 1.82) is 0 Å². The van der Waals surface area contributed by atoms with Crippen LogP contribution in [0.3, 0.4) is 0 Å². The molecule has 17 heavy (non-hydrogen) atoms. The Balaban J connectivity index is 0.000000181. The quantitative estimate of drug-likeness (QED) is 0.817. The molecule has 1 fully saturated rings. The predicted molar refractivity (Wildman–Crippen MR) is 65.6 cm³/mol. The Kier molecular flexibility index (Phi) is 4.72. The average Bonchev–Trinajstić information content (AvgIpc) is 3.00. The summed E-state index contributed by atoms with van der Waals surface area (Å²) < 4.78 is 4.22. The molecule has 1 atom stereocenters. The summed E-state index contributed by atoms with van der Waals surface area (Å²) in [5, 5.41) is 6.67. The van der Waals surface area contributed by atoms with Gasteiger partial charge in [-0.25, -0.2) is 4.98 Å². The minimum Gasteiger partial charge on any atom is -0.343 e. The monoisotopic (exact) mass is 231 g/mol. The largest absolute Gasteiger partial charge is 0.343 e. The van der Waals surface area contributed by atoms with E-state index in [2.05, 4.69) is 50.3 Å². The maximum Gasteiger partial charge on any atom is 0.213 e. The third-order valence-electron chi connectivity index (χ3n) is 2.85. The van der Waals surface area contributed by atoms with Crippen LogP contribution in [0, 0.1) is 0 Å². The van der Waals surface area contributed by atoms with Gasteiger partial charge in [0, 0.05) is 6.54 Å². The molecule has 1 saturated heterocycles. The van der Waals surface area contributed by atoms with Gasteiger partial charge >= 0.3 is 0 Å². The normalized spacial score (nSPS) is 19.2. The summed E-state index contributed by atoms with van der Waals surface area (Å²) in [4.78, 5) is 3.44. The van der Waals surface area contributed by atoms with E-state index in [9.17, 15) is 0 Å². The van der Waals surface area contributed by atoms with Crippen molar-refractivity contribution in [2.75, 3.05) is 13.1 Å². The Morgan fingerprint density at radius 1 is 1.24 bits per heavy atom. The highest BCUT2D eigenvalue weighted by molar-refractivity contribution is 5.20. The van der Waals surface area contributed by atoms with E-state index in [0.29, 0.717) is 0 Å². The van der Waals surface area contributed by atoms with Gasteiger partial charge < -0.3 is 9.84 Å². The Labute approximate surface area is 101 Å². The van der Waals surface area contributed by atoms with Gasteiger partial charge in [-0.2, -0.15) is 0 Å². The molecule has 0 bridgehead atoms. The molecule has 0 aliphatic carbocycles. The van der Waals surface area contributed by atoms with Gasteiger partial charge in [0.05, 0.1) is 0 Å². The van der Waals surface area contributed by atoms with Gasteiger partial charge in [0.15, 0.2) is 6.33 Å². The first kappa shape index (κ1) is 11.8. The molecule has 1 aliphatic rings. The van der Waals surface area contributed by atoms with Crippen molar-refractivity contribution < 1.29 is 4.52 Å². The molecule has 4 heteroatoms. The number of piperidine rings is 1. The van der Waals surface area contributed by atoms with Gasteiger partial charge in [-0.1, -0.05) is 35.5 Å². The third-order valence-corrected chi connectivity index (χ3v) is 2.85. The van der Waals surface area contributed by atoms with Crippen LogP contribution in [0.1, 0.15) is 24.3 Å². The highest BCUT2D eigenvalue weighted by Crippen LogP contribution is 2.22. The van der Waals surface area contributed by atoms with Crippen molar-refractivity contribution in [3.05, 3.63) is 48.6 Å². The lowest BCUT2D eigenvalue weighted by atomic mass is 9.92. The number of benzene rings is 1. The zero-order valence-electron chi connectivity index (χ0n) is 9.75. The molecule has 2 heterocycles. The molecule has 0 spiro atoms. The lowest BCUT2D eigenvalue weighted by molar-refractivity contribution is 0.416. The molecule has 1 aliphatic heterocycles. The summed E-state index contributed by atoms with van der Waals surface area (Å²) in [6, 6.07) is 10.8. The van der Waals surface area contributed by atoms with Crippen LogP contribution in [-0.4, -0.2) is 23.2 Å². The van der Waals surface area contributed by atoms with Crippen molar-refractivity contribution in [3.63, 3.8) is 0 Å².